The highest BCUT2D eigenvalue weighted by molar-refractivity contribution is 5.38. The van der Waals surface area contributed by atoms with Gasteiger partial charge in [-0.1, -0.05) is 12.1 Å². The third-order valence-electron chi connectivity index (χ3n) is 4.47. The topological polar surface area (TPSA) is 50.1 Å². The van der Waals surface area contributed by atoms with Crippen molar-refractivity contribution in [2.45, 2.75) is 26.5 Å². The number of hydrogen-bond donors (Lipinski definition) is 2. The van der Waals surface area contributed by atoms with Gasteiger partial charge in [0, 0.05) is 30.4 Å². The van der Waals surface area contributed by atoms with E-state index >= 15 is 0 Å². The monoisotopic (exact) mass is 375 g/mol. The van der Waals surface area contributed by atoms with Crippen LogP contribution < -0.4 is 5.32 Å². The number of aliphatic hydroxyl groups is 1. The molecule has 0 fully saturated rings. The van der Waals surface area contributed by atoms with E-state index in [9.17, 15) is 18.3 Å². The van der Waals surface area contributed by atoms with Crippen LogP contribution in [0.3, 0.4) is 0 Å². The number of halogens is 3. The minimum atomic E-state index is -0.782. The maximum Gasteiger partial charge on any atom is 0.151 e. The van der Waals surface area contributed by atoms with Crippen LogP contribution in [-0.2, 0) is 6.54 Å². The predicted molar refractivity (Wildman–Crippen MR) is 96.0 cm³/mol. The third kappa shape index (κ3) is 4.20. The van der Waals surface area contributed by atoms with Crippen LogP contribution in [0, 0.1) is 31.3 Å². The first-order valence-electron chi connectivity index (χ1n) is 8.51. The quantitative estimate of drug-likeness (QED) is 0.690. The standard InChI is InChI=1S/C20H20F3N3O/c1-12-17(10-24-11-20(27)14-3-5-15(21)6-4-14)13(2)26(25-12)19-8-7-16(22)9-18(19)23/h3-9,20,24,27H,10-11H2,1-2H3. The minimum Gasteiger partial charge on any atom is -0.387 e. The van der Waals surface area contributed by atoms with Crippen LogP contribution in [0.25, 0.3) is 5.69 Å². The second kappa shape index (κ2) is 7.94. The van der Waals surface area contributed by atoms with E-state index in [4.69, 9.17) is 0 Å². The summed E-state index contributed by atoms with van der Waals surface area (Å²) in [4.78, 5) is 0. The Labute approximate surface area is 155 Å². The average Bonchev–Trinajstić information content (AvgIpc) is 2.90. The van der Waals surface area contributed by atoms with Crippen LogP contribution in [0.1, 0.15) is 28.6 Å². The number of aliphatic hydroxyl groups excluding tert-OH is 1. The summed E-state index contributed by atoms with van der Waals surface area (Å²) in [6.07, 6.45) is -0.782. The molecule has 27 heavy (non-hydrogen) atoms. The van der Waals surface area contributed by atoms with E-state index in [1.54, 1.807) is 13.8 Å². The van der Waals surface area contributed by atoms with E-state index in [0.29, 0.717) is 17.8 Å². The summed E-state index contributed by atoms with van der Waals surface area (Å²) in [7, 11) is 0. The zero-order valence-corrected chi connectivity index (χ0v) is 15.0. The van der Waals surface area contributed by atoms with Crippen molar-refractivity contribution >= 4 is 0 Å². The number of benzene rings is 2. The molecule has 0 saturated heterocycles. The first-order valence-corrected chi connectivity index (χ1v) is 8.51. The van der Waals surface area contributed by atoms with E-state index in [2.05, 4.69) is 10.4 Å². The highest BCUT2D eigenvalue weighted by atomic mass is 19.1. The largest absolute Gasteiger partial charge is 0.387 e. The first-order chi connectivity index (χ1) is 12.9. The van der Waals surface area contributed by atoms with Gasteiger partial charge in [-0.2, -0.15) is 5.10 Å². The Morgan fingerprint density at radius 2 is 1.70 bits per heavy atom. The summed E-state index contributed by atoms with van der Waals surface area (Å²) in [6, 6.07) is 9.03. The average molecular weight is 375 g/mol. The van der Waals surface area contributed by atoms with Crippen LogP contribution in [0.4, 0.5) is 13.2 Å². The molecule has 1 atom stereocenters. The van der Waals surface area contributed by atoms with Gasteiger partial charge in [-0.15, -0.1) is 0 Å². The van der Waals surface area contributed by atoms with E-state index < -0.39 is 17.7 Å². The van der Waals surface area contributed by atoms with Crippen molar-refractivity contribution in [3.8, 4) is 5.69 Å². The molecule has 142 valence electrons. The van der Waals surface area contributed by atoms with Crippen molar-refractivity contribution in [2.24, 2.45) is 0 Å². The number of hydrogen-bond acceptors (Lipinski definition) is 3. The molecule has 1 aromatic heterocycles. The molecule has 0 amide bonds. The number of nitrogens with one attached hydrogen (secondary N) is 1. The van der Waals surface area contributed by atoms with Crippen LogP contribution >= 0.6 is 0 Å². The smallest absolute Gasteiger partial charge is 0.151 e. The second-order valence-electron chi connectivity index (χ2n) is 6.36. The zero-order chi connectivity index (χ0) is 19.6. The summed E-state index contributed by atoms with van der Waals surface area (Å²) in [6.45, 7) is 4.29. The van der Waals surface area contributed by atoms with Gasteiger partial charge in [0.05, 0.1) is 11.8 Å². The molecule has 4 nitrogen and oxygen atoms in total. The van der Waals surface area contributed by atoms with E-state index in [0.717, 1.165) is 17.3 Å². The molecule has 2 N–H and O–H groups in total. The fourth-order valence-corrected chi connectivity index (χ4v) is 2.96. The number of aromatic nitrogens is 2. The Morgan fingerprint density at radius 3 is 2.37 bits per heavy atom. The minimum absolute atomic E-state index is 0.176. The van der Waals surface area contributed by atoms with Gasteiger partial charge < -0.3 is 10.4 Å². The van der Waals surface area contributed by atoms with Gasteiger partial charge in [-0.25, -0.2) is 17.9 Å². The SMILES string of the molecule is Cc1nn(-c2ccc(F)cc2F)c(C)c1CNCC(O)c1ccc(F)cc1. The second-order valence-corrected chi connectivity index (χ2v) is 6.36. The molecular weight excluding hydrogens is 355 g/mol. The summed E-state index contributed by atoms with van der Waals surface area (Å²) < 4.78 is 41.6. The molecule has 1 unspecified atom stereocenters. The third-order valence-corrected chi connectivity index (χ3v) is 4.47. The van der Waals surface area contributed by atoms with Crippen molar-refractivity contribution in [1.29, 1.82) is 0 Å². The maximum absolute atomic E-state index is 14.1. The molecule has 2 aromatic carbocycles. The van der Waals surface area contributed by atoms with Crippen molar-refractivity contribution in [3.05, 3.63) is 82.4 Å². The Balaban J connectivity index is 1.71. The highest BCUT2D eigenvalue weighted by Crippen LogP contribution is 2.21. The maximum atomic E-state index is 14.1. The van der Waals surface area contributed by atoms with Gasteiger partial charge in [-0.3, -0.25) is 0 Å². The van der Waals surface area contributed by atoms with Gasteiger partial charge in [0.1, 0.15) is 17.3 Å². The normalized spacial score (nSPS) is 12.4. The lowest BCUT2D eigenvalue weighted by Crippen LogP contribution is -2.21. The molecule has 0 radical (unpaired) electrons. The van der Waals surface area contributed by atoms with Gasteiger partial charge in [-0.05, 0) is 43.7 Å². The number of nitrogens with zero attached hydrogens (tertiary/aromatic N) is 2. The predicted octanol–water partition coefficient (Wildman–Crippen LogP) is 3.73. The number of rotatable bonds is 6. The van der Waals surface area contributed by atoms with Gasteiger partial charge >= 0.3 is 0 Å². The summed E-state index contributed by atoms with van der Waals surface area (Å²) in [5.41, 5.74) is 3.09. The molecule has 0 aliphatic rings. The lowest BCUT2D eigenvalue weighted by Gasteiger charge is -2.12. The molecule has 0 aliphatic carbocycles. The van der Waals surface area contributed by atoms with Crippen molar-refractivity contribution in [1.82, 2.24) is 15.1 Å². The molecule has 0 bridgehead atoms. The summed E-state index contributed by atoms with van der Waals surface area (Å²) >= 11 is 0. The van der Waals surface area contributed by atoms with Gasteiger partial charge in [0.15, 0.2) is 5.82 Å². The Bertz CT molecular complexity index is 938. The van der Waals surface area contributed by atoms with E-state index in [1.807, 2.05) is 0 Å². The van der Waals surface area contributed by atoms with Crippen LogP contribution in [0.15, 0.2) is 42.5 Å². The Morgan fingerprint density at radius 1 is 1.04 bits per heavy atom. The van der Waals surface area contributed by atoms with Crippen molar-refractivity contribution < 1.29 is 18.3 Å². The molecular formula is C20H20F3N3O. The van der Waals surface area contributed by atoms with Crippen molar-refractivity contribution in [2.75, 3.05) is 6.54 Å². The van der Waals surface area contributed by atoms with E-state index in [1.165, 1.54) is 41.1 Å². The first kappa shape index (κ1) is 19.1. The Kier molecular flexibility index (Phi) is 5.62. The highest BCUT2D eigenvalue weighted by Gasteiger charge is 2.16. The number of aryl methyl sites for hydroxylation is 1. The van der Waals surface area contributed by atoms with Gasteiger partial charge in [0.25, 0.3) is 0 Å². The molecule has 0 saturated carbocycles. The van der Waals surface area contributed by atoms with Crippen LogP contribution in [0.5, 0.6) is 0 Å². The fraction of sp³-hybridized carbons (Fsp3) is 0.250. The summed E-state index contributed by atoms with van der Waals surface area (Å²) in [5.74, 6) is -1.69. The molecule has 0 spiro atoms. The molecule has 0 aliphatic heterocycles. The lowest BCUT2D eigenvalue weighted by molar-refractivity contribution is 0.174. The van der Waals surface area contributed by atoms with Crippen molar-refractivity contribution in [3.63, 3.8) is 0 Å². The molecule has 1 heterocycles. The lowest BCUT2D eigenvalue weighted by atomic mass is 10.1. The molecule has 3 rings (SSSR count). The van der Waals surface area contributed by atoms with Crippen LogP contribution in [0.2, 0.25) is 0 Å². The zero-order valence-electron chi connectivity index (χ0n) is 15.0. The Hall–Kier alpha value is -2.64. The van der Waals surface area contributed by atoms with E-state index in [-0.39, 0.29) is 18.0 Å². The summed E-state index contributed by atoms with van der Waals surface area (Å²) in [5, 5.41) is 17.7. The fourth-order valence-electron chi connectivity index (χ4n) is 2.96. The van der Waals surface area contributed by atoms with Gasteiger partial charge in [0.2, 0.25) is 0 Å². The molecule has 7 heteroatoms. The van der Waals surface area contributed by atoms with Crippen LogP contribution in [-0.4, -0.2) is 21.4 Å². The molecule has 3 aromatic rings.